The molecular weight excluding hydrogens is 598 g/mol. The Labute approximate surface area is 275 Å². The maximum atomic E-state index is 2.50. The molecule has 0 unspecified atom stereocenters. The second-order valence-electron chi connectivity index (χ2n) is 10.6. The van der Waals surface area contributed by atoms with Crippen molar-refractivity contribution in [3.05, 3.63) is 171 Å². The van der Waals surface area contributed by atoms with Crippen molar-refractivity contribution in [3.8, 4) is 0 Å². The third kappa shape index (κ3) is 10.7. The van der Waals surface area contributed by atoms with Crippen LogP contribution in [0.4, 0.5) is 0 Å². The van der Waals surface area contributed by atoms with Gasteiger partial charge < -0.3 is 0 Å². The van der Waals surface area contributed by atoms with Crippen molar-refractivity contribution in [1.29, 1.82) is 0 Å². The molecule has 0 atom stereocenters. The van der Waals surface area contributed by atoms with E-state index < -0.39 is 0 Å². The second-order valence-corrected chi connectivity index (χ2v) is 15.1. The van der Waals surface area contributed by atoms with Crippen molar-refractivity contribution in [3.63, 3.8) is 0 Å². The van der Waals surface area contributed by atoms with Crippen LogP contribution < -0.4 is 21.2 Å². The number of hydrogen-bond donors (Lipinski definition) is 0. The van der Waals surface area contributed by atoms with Gasteiger partial charge in [-0.3, -0.25) is 0 Å². The van der Waals surface area contributed by atoms with E-state index in [9.17, 15) is 0 Å². The molecule has 2 aliphatic rings. The summed E-state index contributed by atoms with van der Waals surface area (Å²) in [5.41, 5.74) is 3.26. The summed E-state index contributed by atoms with van der Waals surface area (Å²) < 4.78 is 0. The van der Waals surface area contributed by atoms with Gasteiger partial charge in [0.25, 0.3) is 0 Å². The van der Waals surface area contributed by atoms with E-state index in [1.165, 1.54) is 72.6 Å². The molecule has 0 amide bonds. The summed E-state index contributed by atoms with van der Waals surface area (Å²) in [6, 6.07) is 44.0. The largest absolute Gasteiger partial charge is 0.0622 e. The van der Waals surface area contributed by atoms with Crippen LogP contribution in [0.3, 0.4) is 0 Å². The van der Waals surface area contributed by atoms with Gasteiger partial charge in [-0.25, -0.2) is 0 Å². The molecule has 0 spiro atoms. The molecule has 0 N–H and O–H groups in total. The van der Waals surface area contributed by atoms with Crippen LogP contribution >= 0.6 is 15.8 Å². The molecule has 0 aliphatic heterocycles. The summed E-state index contributed by atoms with van der Waals surface area (Å²) in [7, 11) is -0.741. The summed E-state index contributed by atoms with van der Waals surface area (Å²) in [4.78, 5) is 0. The second kappa shape index (κ2) is 19.6. The number of hydrogen-bond acceptors (Lipinski definition) is 0. The summed E-state index contributed by atoms with van der Waals surface area (Å²) in [5, 5.41) is 5.87. The third-order valence-electron chi connectivity index (χ3n) is 7.53. The van der Waals surface area contributed by atoms with Crippen molar-refractivity contribution in [1.82, 2.24) is 0 Å². The SMILES string of the molecule is [CH]1[CH]CC[C](P(c2ccccc2)c2ccccc2)[CH]CC1.[CH]1[CH]CC[C](P(c2ccccc2)c2ccccc2)[CH]CC1.[Fe]. The first kappa shape index (κ1) is 34.1. The Bertz CT molecular complexity index is 1050. The summed E-state index contributed by atoms with van der Waals surface area (Å²) in [5.74, 6) is 0. The van der Waals surface area contributed by atoms with Crippen LogP contribution in [0.5, 0.6) is 0 Å². The minimum absolute atomic E-state index is 0. The molecule has 3 heteroatoms. The number of rotatable bonds is 6. The molecule has 2 saturated carbocycles. The van der Waals surface area contributed by atoms with E-state index >= 15 is 0 Å². The molecule has 4 aromatic carbocycles. The van der Waals surface area contributed by atoms with E-state index in [-0.39, 0.29) is 32.9 Å². The average Bonchev–Trinajstić information content (AvgIpc) is 3.02. The fourth-order valence-electron chi connectivity index (χ4n) is 5.51. The van der Waals surface area contributed by atoms with Crippen LogP contribution in [-0.2, 0) is 17.1 Å². The molecular formula is C40H42FeP2. The fourth-order valence-corrected chi connectivity index (χ4v) is 10.6. The van der Waals surface area contributed by atoms with Gasteiger partial charge in [0, 0.05) is 28.4 Å². The van der Waals surface area contributed by atoms with Crippen LogP contribution in [0, 0.1) is 49.8 Å². The van der Waals surface area contributed by atoms with Crippen LogP contribution in [0.15, 0.2) is 121 Å². The van der Waals surface area contributed by atoms with Crippen molar-refractivity contribution < 1.29 is 17.1 Å². The number of benzene rings is 4. The van der Waals surface area contributed by atoms with Gasteiger partial charge in [0.15, 0.2) is 0 Å². The molecule has 4 aromatic rings. The molecule has 6 rings (SSSR count). The molecule has 0 heterocycles. The van der Waals surface area contributed by atoms with Gasteiger partial charge in [-0.1, -0.05) is 121 Å². The van der Waals surface area contributed by atoms with Gasteiger partial charge in [-0.15, -0.1) is 0 Å². The molecule has 220 valence electrons. The fraction of sp³-hybridized carbons (Fsp3) is 0.200. The Morgan fingerprint density at radius 2 is 0.605 bits per heavy atom. The Hall–Kier alpha value is -1.74. The third-order valence-corrected chi connectivity index (χ3v) is 12.7. The minimum Gasteiger partial charge on any atom is -0.0622 e. The Balaban J connectivity index is 0.000000192. The van der Waals surface area contributed by atoms with Crippen molar-refractivity contribution >= 4 is 37.1 Å². The van der Waals surface area contributed by atoms with Gasteiger partial charge in [-0.2, -0.15) is 0 Å². The molecule has 8 radical (unpaired) electrons. The molecule has 2 fully saturated rings. The minimum atomic E-state index is -0.371. The van der Waals surface area contributed by atoms with Gasteiger partial charge in [0.2, 0.25) is 0 Å². The molecule has 0 saturated heterocycles. The van der Waals surface area contributed by atoms with E-state index in [1.807, 2.05) is 0 Å². The molecule has 0 aromatic heterocycles. The van der Waals surface area contributed by atoms with Crippen LogP contribution in [0.25, 0.3) is 0 Å². The van der Waals surface area contributed by atoms with Gasteiger partial charge in [-0.05, 0) is 127 Å². The van der Waals surface area contributed by atoms with Crippen LogP contribution in [-0.4, -0.2) is 0 Å². The van der Waals surface area contributed by atoms with Gasteiger partial charge in [0.1, 0.15) is 0 Å². The monoisotopic (exact) mass is 640 g/mol. The smallest absolute Gasteiger partial charge is 0.0121 e. The zero-order chi connectivity index (χ0) is 28.7. The molecule has 0 nitrogen and oxygen atoms in total. The van der Waals surface area contributed by atoms with E-state index in [4.69, 9.17) is 0 Å². The quantitative estimate of drug-likeness (QED) is 0.146. The van der Waals surface area contributed by atoms with E-state index in [1.54, 1.807) is 11.3 Å². The maximum absolute atomic E-state index is 2.50. The van der Waals surface area contributed by atoms with Crippen molar-refractivity contribution in [2.24, 2.45) is 0 Å². The summed E-state index contributed by atoms with van der Waals surface area (Å²) in [6.07, 6.45) is 23.7. The molecule has 0 bridgehead atoms. The predicted molar refractivity (Wildman–Crippen MR) is 187 cm³/mol. The van der Waals surface area contributed by atoms with Crippen molar-refractivity contribution in [2.45, 2.75) is 51.4 Å². The summed E-state index contributed by atoms with van der Waals surface area (Å²) in [6.45, 7) is 0. The Morgan fingerprint density at radius 1 is 0.326 bits per heavy atom. The Morgan fingerprint density at radius 3 is 0.907 bits per heavy atom. The van der Waals surface area contributed by atoms with Crippen molar-refractivity contribution in [2.75, 3.05) is 0 Å². The van der Waals surface area contributed by atoms with E-state index in [0.29, 0.717) is 0 Å². The maximum Gasteiger partial charge on any atom is 0.0121 e. The van der Waals surface area contributed by atoms with E-state index in [2.05, 4.69) is 160 Å². The predicted octanol–water partition coefficient (Wildman–Crippen LogP) is 9.67. The molecule has 43 heavy (non-hydrogen) atoms. The van der Waals surface area contributed by atoms with Crippen LogP contribution in [0.1, 0.15) is 51.4 Å². The zero-order valence-electron chi connectivity index (χ0n) is 24.9. The van der Waals surface area contributed by atoms with E-state index in [0.717, 1.165) is 0 Å². The van der Waals surface area contributed by atoms with Gasteiger partial charge >= 0.3 is 0 Å². The average molecular weight is 641 g/mol. The summed E-state index contributed by atoms with van der Waals surface area (Å²) >= 11 is 0. The van der Waals surface area contributed by atoms with Crippen LogP contribution in [0.2, 0.25) is 0 Å². The Kier molecular flexibility index (Phi) is 15.6. The first-order chi connectivity index (χ1) is 20.9. The first-order valence-electron chi connectivity index (χ1n) is 15.4. The first-order valence-corrected chi connectivity index (χ1v) is 18.1. The molecule has 2 aliphatic carbocycles. The topological polar surface area (TPSA) is 0 Å². The standard InChI is InChI=1S/2C20H21P.Fe/c2*1-2-6-12-18(13-7-3-1)21(19-14-8-4-9-15-19)20-16-10-5-11-17-20;/h2*1-2,4-5,8-11,13-17H,3,6-7,12H2;. The normalized spacial score (nSPS) is 17.0. The zero-order valence-corrected chi connectivity index (χ0v) is 27.8. The van der Waals surface area contributed by atoms with Gasteiger partial charge in [0.05, 0.1) is 0 Å².